The van der Waals surface area contributed by atoms with Crippen molar-refractivity contribution in [1.29, 1.82) is 0 Å². The lowest BCUT2D eigenvalue weighted by Crippen LogP contribution is -2.35. The highest BCUT2D eigenvalue weighted by Gasteiger charge is 2.47. The highest BCUT2D eigenvalue weighted by molar-refractivity contribution is 7.60. The molecule has 0 aliphatic rings. The highest BCUT2D eigenvalue weighted by Crippen LogP contribution is 2.60. The Morgan fingerprint density at radius 3 is 2.05 bits per heavy atom. The summed E-state index contributed by atoms with van der Waals surface area (Å²) in [4.78, 5) is 0. The molecule has 0 saturated heterocycles. The Morgan fingerprint density at radius 1 is 1.00 bits per heavy atom. The molecule has 1 atom stereocenters. The fraction of sp³-hybridized carbons (Fsp3) is 0.625. The molecule has 0 fully saturated rings. The van der Waals surface area contributed by atoms with Gasteiger partial charge in [-0.25, -0.2) is 0 Å². The Kier molecular flexibility index (Phi) is 7.61. The van der Waals surface area contributed by atoms with Gasteiger partial charge in [-0.1, -0.05) is 30.3 Å². The molecular formula is C16H27O4P. The SMILES string of the molecule is CCOC(C)(OCC)[P@@](=O)(CCc1ccccc1)OCC. The Balaban J connectivity index is 2.91. The van der Waals surface area contributed by atoms with Gasteiger partial charge in [0, 0.05) is 19.4 Å². The molecule has 120 valence electrons. The van der Waals surface area contributed by atoms with E-state index in [1.54, 1.807) is 6.92 Å². The van der Waals surface area contributed by atoms with Crippen LogP contribution in [-0.4, -0.2) is 31.5 Å². The Labute approximate surface area is 128 Å². The minimum absolute atomic E-state index is 0.377. The Bertz CT molecular complexity index is 441. The van der Waals surface area contributed by atoms with Crippen LogP contribution in [0.2, 0.25) is 0 Å². The zero-order valence-corrected chi connectivity index (χ0v) is 14.4. The van der Waals surface area contributed by atoms with Crippen molar-refractivity contribution in [3.05, 3.63) is 35.9 Å². The smallest absolute Gasteiger partial charge is 0.260 e. The van der Waals surface area contributed by atoms with E-state index in [1.165, 1.54) is 0 Å². The summed E-state index contributed by atoms with van der Waals surface area (Å²) in [6, 6.07) is 9.97. The van der Waals surface area contributed by atoms with Gasteiger partial charge < -0.3 is 14.0 Å². The summed E-state index contributed by atoms with van der Waals surface area (Å²) in [6.07, 6.45) is 1.08. The van der Waals surface area contributed by atoms with Gasteiger partial charge in [-0.05, 0) is 39.7 Å². The third-order valence-corrected chi connectivity index (χ3v) is 6.30. The average molecular weight is 314 g/mol. The first-order valence-electron chi connectivity index (χ1n) is 7.56. The topological polar surface area (TPSA) is 44.8 Å². The molecule has 0 N–H and O–H groups in total. The molecule has 0 saturated carbocycles. The second-order valence-electron chi connectivity index (χ2n) is 4.81. The Morgan fingerprint density at radius 2 is 1.57 bits per heavy atom. The summed E-state index contributed by atoms with van der Waals surface area (Å²) >= 11 is 0. The van der Waals surface area contributed by atoms with Crippen LogP contribution in [0.4, 0.5) is 0 Å². The van der Waals surface area contributed by atoms with Crippen molar-refractivity contribution in [2.75, 3.05) is 26.0 Å². The average Bonchev–Trinajstić information content (AvgIpc) is 2.47. The van der Waals surface area contributed by atoms with Gasteiger partial charge in [0.1, 0.15) is 0 Å². The van der Waals surface area contributed by atoms with Gasteiger partial charge >= 0.3 is 0 Å². The maximum atomic E-state index is 13.3. The molecule has 0 aliphatic heterocycles. The van der Waals surface area contributed by atoms with Crippen LogP contribution in [-0.2, 0) is 25.0 Å². The van der Waals surface area contributed by atoms with E-state index in [0.29, 0.717) is 32.4 Å². The van der Waals surface area contributed by atoms with Crippen molar-refractivity contribution in [2.24, 2.45) is 0 Å². The standard InChI is InChI=1S/C16H27O4P/c1-5-18-16(4,19-6-2)21(17,20-7-3)14-13-15-11-9-8-10-12-15/h8-12H,5-7,13-14H2,1-4H3/t21-/m1/s1. The van der Waals surface area contributed by atoms with Crippen molar-refractivity contribution in [3.8, 4) is 0 Å². The van der Waals surface area contributed by atoms with E-state index in [9.17, 15) is 4.57 Å². The van der Waals surface area contributed by atoms with Gasteiger partial charge in [-0.15, -0.1) is 0 Å². The molecule has 4 nitrogen and oxygen atoms in total. The molecule has 0 aromatic heterocycles. The van der Waals surface area contributed by atoms with Gasteiger partial charge in [0.15, 0.2) is 0 Å². The van der Waals surface area contributed by atoms with Crippen molar-refractivity contribution in [1.82, 2.24) is 0 Å². The number of ether oxygens (including phenoxy) is 2. The summed E-state index contributed by atoms with van der Waals surface area (Å²) in [6.45, 7) is 8.53. The maximum Gasteiger partial charge on any atom is 0.260 e. The molecule has 5 heteroatoms. The van der Waals surface area contributed by atoms with Gasteiger partial charge in [0.25, 0.3) is 7.37 Å². The third kappa shape index (κ3) is 4.93. The van der Waals surface area contributed by atoms with Gasteiger partial charge in [-0.2, -0.15) is 0 Å². The molecule has 0 radical (unpaired) electrons. The van der Waals surface area contributed by atoms with E-state index < -0.39 is 12.9 Å². The van der Waals surface area contributed by atoms with E-state index in [2.05, 4.69) is 0 Å². The van der Waals surface area contributed by atoms with Crippen LogP contribution in [0, 0.1) is 0 Å². The lowest BCUT2D eigenvalue weighted by atomic mass is 10.2. The molecule has 0 spiro atoms. The van der Waals surface area contributed by atoms with Crippen LogP contribution in [0.15, 0.2) is 30.3 Å². The van der Waals surface area contributed by atoms with Crippen LogP contribution < -0.4 is 0 Å². The monoisotopic (exact) mass is 314 g/mol. The summed E-state index contributed by atoms with van der Waals surface area (Å²) in [7, 11) is -3.08. The van der Waals surface area contributed by atoms with Gasteiger partial charge in [0.2, 0.25) is 5.53 Å². The maximum absolute atomic E-state index is 13.3. The van der Waals surface area contributed by atoms with E-state index >= 15 is 0 Å². The van der Waals surface area contributed by atoms with Crippen molar-refractivity contribution < 1.29 is 18.6 Å². The van der Waals surface area contributed by atoms with E-state index in [-0.39, 0.29) is 0 Å². The summed E-state index contributed by atoms with van der Waals surface area (Å²) in [5, 5.41) is 0. The zero-order valence-electron chi connectivity index (χ0n) is 13.5. The van der Waals surface area contributed by atoms with Crippen molar-refractivity contribution in [3.63, 3.8) is 0 Å². The fourth-order valence-electron chi connectivity index (χ4n) is 2.29. The minimum atomic E-state index is -3.08. The highest BCUT2D eigenvalue weighted by atomic mass is 31.2. The molecule has 0 heterocycles. The molecule has 21 heavy (non-hydrogen) atoms. The summed E-state index contributed by atoms with van der Waals surface area (Å²) in [5.74, 6) is 0. The second-order valence-corrected chi connectivity index (χ2v) is 7.68. The predicted molar refractivity (Wildman–Crippen MR) is 85.9 cm³/mol. The number of rotatable bonds is 10. The number of benzene rings is 1. The van der Waals surface area contributed by atoms with Gasteiger partial charge in [0.05, 0.1) is 6.61 Å². The van der Waals surface area contributed by atoms with Crippen LogP contribution in [0.1, 0.15) is 33.3 Å². The molecule has 0 bridgehead atoms. The summed E-state index contributed by atoms with van der Waals surface area (Å²) < 4.78 is 30.3. The van der Waals surface area contributed by atoms with E-state index in [1.807, 2.05) is 51.1 Å². The quantitative estimate of drug-likeness (QED) is 0.477. The van der Waals surface area contributed by atoms with E-state index in [0.717, 1.165) is 5.56 Å². The number of hydrogen-bond acceptors (Lipinski definition) is 4. The molecule has 1 aromatic carbocycles. The van der Waals surface area contributed by atoms with Crippen LogP contribution in [0.5, 0.6) is 0 Å². The lowest BCUT2D eigenvalue weighted by molar-refractivity contribution is -0.167. The largest absolute Gasteiger partial charge is 0.342 e. The molecule has 1 rings (SSSR count). The summed E-state index contributed by atoms with van der Waals surface area (Å²) in [5.41, 5.74) is -0.0471. The van der Waals surface area contributed by atoms with Crippen molar-refractivity contribution in [2.45, 2.75) is 39.6 Å². The third-order valence-electron chi connectivity index (χ3n) is 3.32. The molecule has 1 aromatic rings. The van der Waals surface area contributed by atoms with Gasteiger partial charge in [-0.3, -0.25) is 4.57 Å². The molecular weight excluding hydrogens is 287 g/mol. The second kappa shape index (κ2) is 8.70. The molecule has 0 unspecified atom stereocenters. The van der Waals surface area contributed by atoms with Crippen LogP contribution in [0.25, 0.3) is 0 Å². The van der Waals surface area contributed by atoms with Crippen LogP contribution in [0.3, 0.4) is 0 Å². The number of hydrogen-bond donors (Lipinski definition) is 0. The van der Waals surface area contributed by atoms with Crippen molar-refractivity contribution >= 4 is 7.37 Å². The first kappa shape index (κ1) is 18.4. The fourth-order valence-corrected chi connectivity index (χ4v) is 4.68. The minimum Gasteiger partial charge on any atom is -0.342 e. The number of aryl methyl sites for hydroxylation is 1. The van der Waals surface area contributed by atoms with Crippen LogP contribution >= 0.6 is 7.37 Å². The Hall–Kier alpha value is -0.670. The zero-order chi connectivity index (χ0) is 15.8. The van der Waals surface area contributed by atoms with E-state index in [4.69, 9.17) is 14.0 Å². The molecule has 0 aliphatic carbocycles. The predicted octanol–water partition coefficient (Wildman–Crippen LogP) is 4.29. The molecule has 0 amide bonds. The first-order valence-corrected chi connectivity index (χ1v) is 9.37. The normalized spacial score (nSPS) is 14.9. The first-order chi connectivity index (χ1) is 10.0. The lowest BCUT2D eigenvalue weighted by Gasteiger charge is -2.36.